The number of aryl methyl sites for hydroxylation is 2. The molecule has 2 heteroatoms. The number of nitrogens with zero attached hydrogens (tertiary/aromatic N) is 2. The Morgan fingerprint density at radius 1 is 0.944 bits per heavy atom. The van der Waals surface area contributed by atoms with Crippen molar-refractivity contribution < 1.29 is 0 Å². The summed E-state index contributed by atoms with van der Waals surface area (Å²) in [7, 11) is 0. The van der Waals surface area contributed by atoms with Gasteiger partial charge in [0.15, 0.2) is 0 Å². The molecule has 1 aromatic heterocycles. The predicted molar refractivity (Wildman–Crippen MR) is 74.4 cm³/mol. The molecule has 3 aromatic rings. The average Bonchev–Trinajstić information content (AvgIpc) is 2.38. The highest BCUT2D eigenvalue weighted by molar-refractivity contribution is 5.85. The number of benzene rings is 2. The van der Waals surface area contributed by atoms with Crippen LogP contribution in [0.1, 0.15) is 11.1 Å². The topological polar surface area (TPSA) is 25.8 Å². The summed E-state index contributed by atoms with van der Waals surface area (Å²) in [4.78, 5) is 8.33. The summed E-state index contributed by atoms with van der Waals surface area (Å²) in [5, 5.41) is 1.08. The minimum absolute atomic E-state index is 0.986. The highest BCUT2D eigenvalue weighted by Gasteiger charge is 2.06. The largest absolute Gasteiger partial charge is 0.244 e. The number of rotatable bonds is 1. The van der Waals surface area contributed by atoms with Gasteiger partial charge in [0.2, 0.25) is 0 Å². The fourth-order valence-corrected chi connectivity index (χ4v) is 2.41. The van der Waals surface area contributed by atoms with E-state index in [-0.39, 0.29) is 0 Å². The quantitative estimate of drug-likeness (QED) is 0.638. The van der Waals surface area contributed by atoms with Gasteiger partial charge in [-0.2, -0.15) is 0 Å². The van der Waals surface area contributed by atoms with E-state index < -0.39 is 0 Å². The minimum atomic E-state index is 0.986. The van der Waals surface area contributed by atoms with Gasteiger partial charge in [-0.1, -0.05) is 24.3 Å². The monoisotopic (exact) mass is 234 g/mol. The van der Waals surface area contributed by atoms with Gasteiger partial charge in [-0.15, -0.1) is 0 Å². The van der Waals surface area contributed by atoms with Crippen LogP contribution in [-0.4, -0.2) is 9.97 Å². The van der Waals surface area contributed by atoms with E-state index in [1.165, 1.54) is 22.3 Å². The minimum Gasteiger partial charge on any atom is -0.244 e. The van der Waals surface area contributed by atoms with Gasteiger partial charge in [0.05, 0.1) is 5.52 Å². The van der Waals surface area contributed by atoms with E-state index in [1.807, 2.05) is 6.20 Å². The van der Waals surface area contributed by atoms with Gasteiger partial charge in [0, 0.05) is 11.6 Å². The molecule has 0 amide bonds. The van der Waals surface area contributed by atoms with Gasteiger partial charge in [-0.3, -0.25) is 0 Å². The summed E-state index contributed by atoms with van der Waals surface area (Å²) in [6.07, 6.45) is 3.44. The summed E-state index contributed by atoms with van der Waals surface area (Å²) in [5.41, 5.74) is 6.12. The maximum atomic E-state index is 4.25. The molecule has 0 spiro atoms. The van der Waals surface area contributed by atoms with Crippen LogP contribution in [0.5, 0.6) is 0 Å². The molecule has 3 rings (SSSR count). The second-order valence-corrected chi connectivity index (χ2v) is 4.56. The zero-order valence-corrected chi connectivity index (χ0v) is 10.5. The van der Waals surface area contributed by atoms with Crippen molar-refractivity contribution in [3.63, 3.8) is 0 Å². The normalized spacial score (nSPS) is 10.8. The predicted octanol–water partition coefficient (Wildman–Crippen LogP) is 3.91. The third kappa shape index (κ3) is 1.76. The Labute approximate surface area is 106 Å². The first kappa shape index (κ1) is 10.9. The lowest BCUT2D eigenvalue weighted by Crippen LogP contribution is -1.88. The Kier molecular flexibility index (Phi) is 2.56. The summed E-state index contributed by atoms with van der Waals surface area (Å²) >= 11 is 0. The standard InChI is InChI=1S/C16H14N2/c1-11-4-3-5-12(2)16(11)13-6-7-15-14(8-13)9-17-10-18-15/h3-10H,1-2H3. The third-order valence-electron chi connectivity index (χ3n) is 3.27. The van der Waals surface area contributed by atoms with Crippen LogP contribution in [0.25, 0.3) is 22.0 Å². The molecular formula is C16H14N2. The van der Waals surface area contributed by atoms with Crippen LogP contribution >= 0.6 is 0 Å². The summed E-state index contributed by atoms with van der Waals surface area (Å²) in [5.74, 6) is 0. The van der Waals surface area contributed by atoms with E-state index in [9.17, 15) is 0 Å². The highest BCUT2D eigenvalue weighted by atomic mass is 14.8. The van der Waals surface area contributed by atoms with Crippen molar-refractivity contribution >= 4 is 10.9 Å². The van der Waals surface area contributed by atoms with Gasteiger partial charge in [-0.05, 0) is 48.2 Å². The third-order valence-corrected chi connectivity index (χ3v) is 3.27. The Bertz CT molecular complexity index is 697. The SMILES string of the molecule is Cc1cccc(C)c1-c1ccc2ncncc2c1. The molecular weight excluding hydrogens is 220 g/mol. The summed E-state index contributed by atoms with van der Waals surface area (Å²) in [6, 6.07) is 12.7. The highest BCUT2D eigenvalue weighted by Crippen LogP contribution is 2.28. The Hall–Kier alpha value is -2.22. The smallest absolute Gasteiger partial charge is 0.116 e. The van der Waals surface area contributed by atoms with Gasteiger partial charge in [-0.25, -0.2) is 9.97 Å². The molecule has 0 saturated carbocycles. The van der Waals surface area contributed by atoms with Crippen molar-refractivity contribution in [3.8, 4) is 11.1 Å². The van der Waals surface area contributed by atoms with Crippen LogP contribution in [0.2, 0.25) is 0 Å². The van der Waals surface area contributed by atoms with Crippen LogP contribution < -0.4 is 0 Å². The first-order valence-electron chi connectivity index (χ1n) is 6.02. The van der Waals surface area contributed by atoms with Crippen molar-refractivity contribution in [1.29, 1.82) is 0 Å². The van der Waals surface area contributed by atoms with E-state index >= 15 is 0 Å². The number of fused-ring (bicyclic) bond motifs is 1. The molecule has 88 valence electrons. The lowest BCUT2D eigenvalue weighted by molar-refractivity contribution is 1.22. The molecule has 2 aromatic carbocycles. The van der Waals surface area contributed by atoms with Crippen LogP contribution in [-0.2, 0) is 0 Å². The summed E-state index contributed by atoms with van der Waals surface area (Å²) in [6.45, 7) is 4.29. The lowest BCUT2D eigenvalue weighted by atomic mass is 9.95. The number of aromatic nitrogens is 2. The van der Waals surface area contributed by atoms with Crippen LogP contribution in [0.4, 0.5) is 0 Å². The maximum absolute atomic E-state index is 4.25. The number of hydrogen-bond acceptors (Lipinski definition) is 2. The van der Waals surface area contributed by atoms with Crippen molar-refractivity contribution in [2.45, 2.75) is 13.8 Å². The molecule has 0 saturated heterocycles. The Morgan fingerprint density at radius 3 is 2.50 bits per heavy atom. The van der Waals surface area contributed by atoms with Crippen LogP contribution in [0, 0.1) is 13.8 Å². The lowest BCUT2D eigenvalue weighted by Gasteiger charge is -2.10. The van der Waals surface area contributed by atoms with Gasteiger partial charge in [0.25, 0.3) is 0 Å². The van der Waals surface area contributed by atoms with E-state index in [4.69, 9.17) is 0 Å². The molecule has 0 atom stereocenters. The van der Waals surface area contributed by atoms with E-state index in [2.05, 4.69) is 60.2 Å². The second kappa shape index (κ2) is 4.22. The Balaban J connectivity index is 2.26. The molecule has 0 N–H and O–H groups in total. The van der Waals surface area contributed by atoms with Crippen molar-refractivity contribution in [2.24, 2.45) is 0 Å². The molecule has 0 aliphatic rings. The molecule has 2 nitrogen and oxygen atoms in total. The Morgan fingerprint density at radius 2 is 1.72 bits per heavy atom. The van der Waals surface area contributed by atoms with Crippen molar-refractivity contribution in [2.75, 3.05) is 0 Å². The first-order chi connectivity index (χ1) is 8.75. The van der Waals surface area contributed by atoms with E-state index in [0.717, 1.165) is 10.9 Å². The van der Waals surface area contributed by atoms with Crippen molar-refractivity contribution in [1.82, 2.24) is 9.97 Å². The first-order valence-corrected chi connectivity index (χ1v) is 6.02. The molecule has 0 aliphatic carbocycles. The molecule has 1 heterocycles. The van der Waals surface area contributed by atoms with Gasteiger partial charge < -0.3 is 0 Å². The van der Waals surface area contributed by atoms with E-state index in [0.29, 0.717) is 0 Å². The fourth-order valence-electron chi connectivity index (χ4n) is 2.41. The zero-order chi connectivity index (χ0) is 12.5. The molecule has 0 fully saturated rings. The average molecular weight is 234 g/mol. The van der Waals surface area contributed by atoms with Crippen LogP contribution in [0.15, 0.2) is 48.9 Å². The van der Waals surface area contributed by atoms with Gasteiger partial charge in [0.1, 0.15) is 6.33 Å². The van der Waals surface area contributed by atoms with Crippen molar-refractivity contribution in [3.05, 3.63) is 60.0 Å². The zero-order valence-electron chi connectivity index (χ0n) is 10.5. The van der Waals surface area contributed by atoms with Gasteiger partial charge >= 0.3 is 0 Å². The number of hydrogen-bond donors (Lipinski definition) is 0. The van der Waals surface area contributed by atoms with E-state index in [1.54, 1.807) is 6.33 Å². The van der Waals surface area contributed by atoms with Crippen LogP contribution in [0.3, 0.4) is 0 Å². The molecule has 0 unspecified atom stereocenters. The molecule has 18 heavy (non-hydrogen) atoms. The molecule has 0 radical (unpaired) electrons. The molecule has 0 bridgehead atoms. The maximum Gasteiger partial charge on any atom is 0.116 e. The fraction of sp³-hybridized carbons (Fsp3) is 0.125. The summed E-state index contributed by atoms with van der Waals surface area (Å²) < 4.78 is 0. The second-order valence-electron chi connectivity index (χ2n) is 4.56. The molecule has 0 aliphatic heterocycles.